The van der Waals surface area contributed by atoms with Crippen molar-refractivity contribution in [1.29, 1.82) is 0 Å². The summed E-state index contributed by atoms with van der Waals surface area (Å²) in [6.45, 7) is 4.73. The van der Waals surface area contributed by atoms with Gasteiger partial charge in [-0.1, -0.05) is 17.4 Å². The third-order valence-electron chi connectivity index (χ3n) is 3.13. The molecule has 0 aliphatic heterocycles. The number of thiazole rings is 1. The quantitative estimate of drug-likeness (QED) is 0.692. The van der Waals surface area contributed by atoms with Crippen molar-refractivity contribution in [1.82, 2.24) is 15.2 Å². The number of anilines is 2. The zero-order valence-corrected chi connectivity index (χ0v) is 12.5. The van der Waals surface area contributed by atoms with E-state index in [2.05, 4.69) is 25.8 Å². The molecule has 2 heterocycles. The molecule has 0 unspecified atom stereocenters. The smallest absolute Gasteiger partial charge is 0.267 e. The molecule has 7 heteroatoms. The second-order valence-corrected chi connectivity index (χ2v) is 5.63. The summed E-state index contributed by atoms with van der Waals surface area (Å²) in [5.41, 5.74) is 2.67. The van der Waals surface area contributed by atoms with Crippen LogP contribution in [0.25, 0.3) is 10.9 Å². The summed E-state index contributed by atoms with van der Waals surface area (Å²) < 4.78 is 0. The van der Waals surface area contributed by atoms with Crippen molar-refractivity contribution in [3.63, 3.8) is 0 Å². The van der Waals surface area contributed by atoms with Gasteiger partial charge in [-0.15, -0.1) is 0 Å². The van der Waals surface area contributed by atoms with Gasteiger partial charge in [0.05, 0.1) is 23.6 Å². The third kappa shape index (κ3) is 2.59. The Labute approximate surface area is 125 Å². The molecule has 3 N–H and O–H groups in total. The van der Waals surface area contributed by atoms with Crippen molar-refractivity contribution in [3.05, 3.63) is 35.0 Å². The summed E-state index contributed by atoms with van der Waals surface area (Å²) in [6.07, 6.45) is 3.30. The van der Waals surface area contributed by atoms with Crippen molar-refractivity contribution < 1.29 is 4.79 Å². The molecule has 3 rings (SSSR count). The molecule has 0 bridgehead atoms. The Bertz CT molecular complexity index is 792. The number of nitrogens with zero attached hydrogens (tertiary/aromatic N) is 2. The third-order valence-corrected chi connectivity index (χ3v) is 4.08. The summed E-state index contributed by atoms with van der Waals surface area (Å²) in [5, 5.41) is 14.6. The molecule has 0 saturated carbocycles. The Morgan fingerprint density at radius 1 is 1.38 bits per heavy atom. The number of aromatic nitrogens is 3. The average Bonchev–Trinajstić information content (AvgIpc) is 3.11. The number of benzene rings is 1. The predicted octanol–water partition coefficient (Wildman–Crippen LogP) is 3.01. The number of hydrogen-bond donors (Lipinski definition) is 3. The summed E-state index contributed by atoms with van der Waals surface area (Å²) in [6, 6.07) is 3.90. The van der Waals surface area contributed by atoms with Crippen molar-refractivity contribution in [2.45, 2.75) is 13.8 Å². The number of rotatable bonds is 4. The highest BCUT2D eigenvalue weighted by Crippen LogP contribution is 2.27. The van der Waals surface area contributed by atoms with Gasteiger partial charge in [-0.05, 0) is 25.5 Å². The van der Waals surface area contributed by atoms with Crippen LogP contribution in [-0.2, 0) is 0 Å². The zero-order chi connectivity index (χ0) is 14.8. The van der Waals surface area contributed by atoms with Gasteiger partial charge in [0, 0.05) is 11.9 Å². The van der Waals surface area contributed by atoms with E-state index in [4.69, 9.17) is 0 Å². The fourth-order valence-electron chi connectivity index (χ4n) is 2.08. The monoisotopic (exact) mass is 301 g/mol. The van der Waals surface area contributed by atoms with Crippen LogP contribution < -0.4 is 10.6 Å². The first kappa shape index (κ1) is 13.6. The first-order valence-corrected chi connectivity index (χ1v) is 7.44. The highest BCUT2D eigenvalue weighted by molar-refractivity contribution is 7.17. The minimum atomic E-state index is -0.159. The van der Waals surface area contributed by atoms with Gasteiger partial charge in [0.1, 0.15) is 4.88 Å². The van der Waals surface area contributed by atoms with Gasteiger partial charge in [-0.25, -0.2) is 4.98 Å². The number of amides is 1. The second kappa shape index (κ2) is 5.53. The second-order valence-electron chi connectivity index (χ2n) is 4.60. The normalized spacial score (nSPS) is 10.8. The number of carbonyl (C=O) groups excluding carboxylic acids is 1. The lowest BCUT2D eigenvalue weighted by Gasteiger charge is -2.08. The Morgan fingerprint density at radius 3 is 3.05 bits per heavy atom. The zero-order valence-electron chi connectivity index (χ0n) is 11.7. The number of H-pyrrole nitrogens is 1. The molecular formula is C14H15N5OS. The molecule has 0 aliphatic carbocycles. The van der Waals surface area contributed by atoms with Crippen LogP contribution in [0.4, 0.5) is 10.8 Å². The van der Waals surface area contributed by atoms with E-state index in [9.17, 15) is 4.79 Å². The highest BCUT2D eigenvalue weighted by atomic mass is 32.1. The summed E-state index contributed by atoms with van der Waals surface area (Å²) in [4.78, 5) is 17.1. The topological polar surface area (TPSA) is 82.7 Å². The van der Waals surface area contributed by atoms with Gasteiger partial charge in [-0.2, -0.15) is 5.10 Å². The summed E-state index contributed by atoms with van der Waals surface area (Å²) in [7, 11) is 0. The van der Waals surface area contributed by atoms with Crippen LogP contribution in [-0.4, -0.2) is 27.6 Å². The van der Waals surface area contributed by atoms with E-state index < -0.39 is 0 Å². The molecule has 6 nitrogen and oxygen atoms in total. The Hall–Kier alpha value is -2.41. The molecule has 1 amide bonds. The summed E-state index contributed by atoms with van der Waals surface area (Å²) >= 11 is 1.34. The van der Waals surface area contributed by atoms with Crippen LogP contribution in [0.5, 0.6) is 0 Å². The molecular weight excluding hydrogens is 286 g/mol. The maximum absolute atomic E-state index is 12.4. The molecule has 2 aromatic heterocycles. The number of carbonyl (C=O) groups is 1. The molecule has 0 radical (unpaired) electrons. The molecule has 21 heavy (non-hydrogen) atoms. The largest absolute Gasteiger partial charge is 0.362 e. The predicted molar refractivity (Wildman–Crippen MR) is 85.1 cm³/mol. The van der Waals surface area contributed by atoms with Crippen molar-refractivity contribution in [2.24, 2.45) is 0 Å². The van der Waals surface area contributed by atoms with Gasteiger partial charge in [0.15, 0.2) is 5.13 Å². The molecule has 0 aliphatic rings. The van der Waals surface area contributed by atoms with E-state index in [-0.39, 0.29) is 5.91 Å². The van der Waals surface area contributed by atoms with Crippen LogP contribution in [0.15, 0.2) is 24.5 Å². The standard InChI is InChI=1S/C14H15N5OS/c1-3-15-14-16-7-11(21-14)13(20)18-12-8(2)4-5-10-9(12)6-17-19-10/h4-7H,3H2,1-2H3,(H,15,16)(H,17,19)(H,18,20). The van der Waals surface area contributed by atoms with E-state index >= 15 is 0 Å². The number of aryl methyl sites for hydroxylation is 1. The van der Waals surface area contributed by atoms with Gasteiger partial charge < -0.3 is 10.6 Å². The van der Waals surface area contributed by atoms with Crippen LogP contribution >= 0.6 is 11.3 Å². The van der Waals surface area contributed by atoms with Gasteiger partial charge in [0.25, 0.3) is 5.91 Å². The molecule has 3 aromatic rings. The van der Waals surface area contributed by atoms with Gasteiger partial charge in [-0.3, -0.25) is 9.89 Å². The number of aromatic amines is 1. The SMILES string of the molecule is CCNc1ncc(C(=O)Nc2c(C)ccc3[nH]ncc23)s1. The minimum absolute atomic E-state index is 0.159. The molecule has 108 valence electrons. The Kier molecular flexibility index (Phi) is 3.57. The van der Waals surface area contributed by atoms with E-state index in [0.717, 1.165) is 33.8 Å². The van der Waals surface area contributed by atoms with Crippen LogP contribution in [0.2, 0.25) is 0 Å². The van der Waals surface area contributed by atoms with Crippen molar-refractivity contribution in [3.8, 4) is 0 Å². The van der Waals surface area contributed by atoms with Crippen LogP contribution in [0.1, 0.15) is 22.2 Å². The summed E-state index contributed by atoms with van der Waals surface area (Å²) in [5.74, 6) is -0.159. The average molecular weight is 301 g/mol. The molecule has 1 aromatic carbocycles. The number of nitrogens with one attached hydrogen (secondary N) is 3. The van der Waals surface area contributed by atoms with Gasteiger partial charge >= 0.3 is 0 Å². The number of fused-ring (bicyclic) bond motifs is 1. The molecule has 0 fully saturated rings. The fourth-order valence-corrected chi connectivity index (χ4v) is 2.86. The first-order chi connectivity index (χ1) is 10.2. The number of hydrogen-bond acceptors (Lipinski definition) is 5. The Balaban J connectivity index is 1.88. The van der Waals surface area contributed by atoms with Crippen LogP contribution in [0.3, 0.4) is 0 Å². The molecule has 0 atom stereocenters. The van der Waals surface area contributed by atoms with E-state index in [1.165, 1.54) is 11.3 Å². The highest BCUT2D eigenvalue weighted by Gasteiger charge is 2.14. The lowest BCUT2D eigenvalue weighted by Crippen LogP contribution is -2.11. The van der Waals surface area contributed by atoms with E-state index in [1.54, 1.807) is 12.4 Å². The Morgan fingerprint density at radius 2 is 2.24 bits per heavy atom. The minimum Gasteiger partial charge on any atom is -0.362 e. The molecule has 0 saturated heterocycles. The van der Waals surface area contributed by atoms with E-state index in [1.807, 2.05) is 26.0 Å². The first-order valence-electron chi connectivity index (χ1n) is 6.62. The molecule has 0 spiro atoms. The maximum Gasteiger partial charge on any atom is 0.267 e. The fraction of sp³-hybridized carbons (Fsp3) is 0.214. The lowest BCUT2D eigenvalue weighted by molar-refractivity contribution is 0.103. The maximum atomic E-state index is 12.4. The van der Waals surface area contributed by atoms with Crippen molar-refractivity contribution in [2.75, 3.05) is 17.2 Å². The van der Waals surface area contributed by atoms with E-state index in [0.29, 0.717) is 4.88 Å². The lowest BCUT2D eigenvalue weighted by atomic mass is 10.1. The van der Waals surface area contributed by atoms with Crippen molar-refractivity contribution >= 4 is 39.0 Å². The van der Waals surface area contributed by atoms with Crippen LogP contribution in [0, 0.1) is 6.92 Å². The van der Waals surface area contributed by atoms with Gasteiger partial charge in [0.2, 0.25) is 0 Å².